The van der Waals surface area contributed by atoms with Crippen LogP contribution in [0.2, 0.25) is 0 Å². The number of nitrogens with zero attached hydrogens (tertiary/aromatic N) is 2. The molecular weight excluding hydrogens is 518 g/mol. The second kappa shape index (κ2) is 10.9. The predicted octanol–water partition coefficient (Wildman–Crippen LogP) is 4.13. The first kappa shape index (κ1) is 24.0. The van der Waals surface area contributed by atoms with Crippen molar-refractivity contribution < 1.29 is 19.2 Å². The summed E-state index contributed by atoms with van der Waals surface area (Å²) in [6.45, 7) is 3.01. The molecule has 2 heterocycles. The van der Waals surface area contributed by atoms with E-state index in [0.29, 0.717) is 28.9 Å². The summed E-state index contributed by atoms with van der Waals surface area (Å²) in [5, 5.41) is 12.6. The van der Waals surface area contributed by atoms with E-state index in [4.69, 9.17) is 4.42 Å². The Kier molecular flexibility index (Phi) is 7.30. The zero-order chi connectivity index (χ0) is 24.9. The van der Waals surface area contributed by atoms with Crippen molar-refractivity contribution in [2.75, 3.05) is 26.2 Å². The number of nitrogens with one attached hydrogen (secondary N) is 1. The highest BCUT2D eigenvalue weighted by molar-refractivity contribution is 9.10. The van der Waals surface area contributed by atoms with Crippen molar-refractivity contribution >= 4 is 39.4 Å². The second-order valence-electron chi connectivity index (χ2n) is 8.84. The second-order valence-corrected chi connectivity index (χ2v) is 9.69. The lowest BCUT2D eigenvalue weighted by Gasteiger charge is -2.31. The molecule has 6 nitrogen and oxygen atoms in total. The molecule has 7 heteroatoms. The Morgan fingerprint density at radius 2 is 1.75 bits per heavy atom. The maximum absolute atomic E-state index is 12.6. The molecule has 1 aliphatic rings. The van der Waals surface area contributed by atoms with E-state index in [0.717, 1.165) is 36.4 Å². The molecule has 1 N–H and O–H groups in total. The number of amides is 1. The van der Waals surface area contributed by atoms with E-state index in [1.807, 2.05) is 47.4 Å². The quantitative estimate of drug-likeness (QED) is 0.371. The minimum atomic E-state index is -0.0707. The Morgan fingerprint density at radius 3 is 2.44 bits per heavy atom. The summed E-state index contributed by atoms with van der Waals surface area (Å²) in [6, 6.07) is 25.5. The third kappa shape index (κ3) is 5.58. The summed E-state index contributed by atoms with van der Waals surface area (Å²) in [6.07, 6.45) is 3.91. The number of hydrogen-bond donors (Lipinski definition) is 1. The van der Waals surface area contributed by atoms with Crippen LogP contribution in [-0.4, -0.2) is 43.2 Å². The van der Waals surface area contributed by atoms with E-state index >= 15 is 0 Å². The number of carbonyl (C=O) groups is 1. The summed E-state index contributed by atoms with van der Waals surface area (Å²) in [5.74, 6) is 0.263. The smallest absolute Gasteiger partial charge is 0.289 e. The van der Waals surface area contributed by atoms with Gasteiger partial charge in [0.2, 0.25) is 0 Å². The first-order valence-electron chi connectivity index (χ1n) is 11.9. The van der Waals surface area contributed by atoms with Crippen molar-refractivity contribution in [3.63, 3.8) is 0 Å². The summed E-state index contributed by atoms with van der Waals surface area (Å²) >= 11 is 3.41. The SMILES string of the molecule is O=C(c1ccco1)N1CC[NH+](c2ccc(N=Cc3cc(Cc4ccccc4)cc(Br)c3[O-])cc2)CC1. The normalized spacial score (nSPS) is 14.4. The molecule has 1 amide bonds. The van der Waals surface area contributed by atoms with Crippen molar-refractivity contribution in [1.82, 2.24) is 4.90 Å². The highest BCUT2D eigenvalue weighted by atomic mass is 79.9. The maximum atomic E-state index is 12.6. The number of rotatable bonds is 6. The van der Waals surface area contributed by atoms with Crippen LogP contribution in [0, 0.1) is 0 Å². The average Bonchev–Trinajstić information content (AvgIpc) is 3.46. The molecule has 36 heavy (non-hydrogen) atoms. The molecule has 182 valence electrons. The van der Waals surface area contributed by atoms with Gasteiger partial charge in [-0.3, -0.25) is 14.7 Å². The van der Waals surface area contributed by atoms with Gasteiger partial charge in [0.05, 0.1) is 38.1 Å². The zero-order valence-electron chi connectivity index (χ0n) is 19.7. The van der Waals surface area contributed by atoms with Gasteiger partial charge in [-0.25, -0.2) is 0 Å². The van der Waals surface area contributed by atoms with Gasteiger partial charge in [-0.1, -0.05) is 58.1 Å². The molecule has 1 aliphatic heterocycles. The molecule has 5 rings (SSSR count). The van der Waals surface area contributed by atoms with Crippen LogP contribution in [0.1, 0.15) is 27.2 Å². The standard InChI is InChI=1S/C29H26BrN3O3/c30-26-19-22(17-21-5-2-1-3-6-21)18-23(28(26)34)20-31-24-8-10-25(11-9-24)32-12-14-33(15-13-32)29(35)27-7-4-16-36-27/h1-11,16,18-20,34H,12-15,17H2. The van der Waals surface area contributed by atoms with E-state index in [9.17, 15) is 9.90 Å². The molecule has 1 aromatic heterocycles. The molecule has 1 saturated heterocycles. The number of benzene rings is 3. The number of quaternary nitrogens is 1. The number of carbonyl (C=O) groups excluding carboxylic acids is 1. The number of furan rings is 1. The Labute approximate surface area is 218 Å². The lowest BCUT2D eigenvalue weighted by molar-refractivity contribution is -0.837. The molecule has 0 spiro atoms. The monoisotopic (exact) mass is 543 g/mol. The number of halogens is 1. The fraction of sp³-hybridized carbons (Fsp3) is 0.172. The van der Waals surface area contributed by atoms with Crippen molar-refractivity contribution in [2.45, 2.75) is 6.42 Å². The fourth-order valence-corrected chi connectivity index (χ4v) is 4.98. The Bertz CT molecular complexity index is 1340. The van der Waals surface area contributed by atoms with Crippen molar-refractivity contribution in [1.29, 1.82) is 0 Å². The van der Waals surface area contributed by atoms with Gasteiger partial charge in [-0.2, -0.15) is 0 Å². The van der Waals surface area contributed by atoms with Crippen LogP contribution in [0.15, 0.2) is 99.0 Å². The number of piperazine rings is 1. The van der Waals surface area contributed by atoms with Crippen LogP contribution < -0.4 is 10.0 Å². The molecule has 0 bridgehead atoms. The van der Waals surface area contributed by atoms with Crippen molar-refractivity contribution in [2.24, 2.45) is 4.99 Å². The Hall–Kier alpha value is -3.68. The molecule has 1 fully saturated rings. The maximum Gasteiger partial charge on any atom is 0.289 e. The van der Waals surface area contributed by atoms with Crippen LogP contribution in [0.3, 0.4) is 0 Å². The third-order valence-corrected chi connectivity index (χ3v) is 6.99. The molecule has 3 aromatic carbocycles. The van der Waals surface area contributed by atoms with E-state index in [-0.39, 0.29) is 11.7 Å². The minimum absolute atomic E-state index is 0.0547. The minimum Gasteiger partial charge on any atom is -0.871 e. The van der Waals surface area contributed by atoms with Crippen LogP contribution in [0.25, 0.3) is 0 Å². The van der Waals surface area contributed by atoms with E-state index in [1.54, 1.807) is 18.3 Å². The highest BCUT2D eigenvalue weighted by Gasteiger charge is 2.26. The molecule has 0 saturated carbocycles. The van der Waals surface area contributed by atoms with Crippen molar-refractivity contribution in [3.8, 4) is 5.75 Å². The van der Waals surface area contributed by atoms with E-state index in [2.05, 4.69) is 45.2 Å². The summed E-state index contributed by atoms with van der Waals surface area (Å²) in [7, 11) is 0. The predicted molar refractivity (Wildman–Crippen MR) is 142 cm³/mol. The zero-order valence-corrected chi connectivity index (χ0v) is 21.3. The van der Waals surface area contributed by atoms with Gasteiger partial charge in [0.1, 0.15) is 5.69 Å². The van der Waals surface area contributed by atoms with Gasteiger partial charge in [0.25, 0.3) is 5.91 Å². The number of hydrogen-bond acceptors (Lipinski definition) is 4. The molecule has 0 atom stereocenters. The lowest BCUT2D eigenvalue weighted by Crippen LogP contribution is -3.10. The highest BCUT2D eigenvalue weighted by Crippen LogP contribution is 2.28. The van der Waals surface area contributed by atoms with E-state index in [1.165, 1.54) is 16.7 Å². The van der Waals surface area contributed by atoms with Crippen LogP contribution >= 0.6 is 15.9 Å². The summed E-state index contributed by atoms with van der Waals surface area (Å²) in [5.41, 5.74) is 4.75. The molecule has 4 aromatic rings. The van der Waals surface area contributed by atoms with Crippen LogP contribution in [0.5, 0.6) is 5.75 Å². The van der Waals surface area contributed by atoms with Crippen LogP contribution in [0.4, 0.5) is 11.4 Å². The Morgan fingerprint density at radius 1 is 1.00 bits per heavy atom. The Balaban J connectivity index is 1.23. The van der Waals surface area contributed by atoms with E-state index < -0.39 is 0 Å². The molecular formula is C29H26BrN3O3. The summed E-state index contributed by atoms with van der Waals surface area (Å²) in [4.78, 5) is 20.2. The third-order valence-electron chi connectivity index (χ3n) is 6.40. The molecule has 0 aliphatic carbocycles. The number of aliphatic imine (C=N–C) groups is 1. The summed E-state index contributed by atoms with van der Waals surface area (Å²) < 4.78 is 5.78. The van der Waals surface area contributed by atoms with Crippen LogP contribution in [-0.2, 0) is 6.42 Å². The van der Waals surface area contributed by atoms with Gasteiger partial charge in [0.15, 0.2) is 5.76 Å². The first-order valence-corrected chi connectivity index (χ1v) is 12.7. The lowest BCUT2D eigenvalue weighted by atomic mass is 10.0. The van der Waals surface area contributed by atoms with Gasteiger partial charge in [-0.15, -0.1) is 0 Å². The van der Waals surface area contributed by atoms with Gasteiger partial charge in [0, 0.05) is 22.8 Å². The van der Waals surface area contributed by atoms with Gasteiger partial charge in [-0.05, 0) is 53.4 Å². The fourth-order valence-electron chi connectivity index (χ4n) is 4.45. The van der Waals surface area contributed by atoms with Crippen molar-refractivity contribution in [3.05, 3.63) is 112 Å². The largest absolute Gasteiger partial charge is 0.871 e. The molecule has 0 unspecified atom stereocenters. The molecule has 0 radical (unpaired) electrons. The average molecular weight is 544 g/mol. The first-order chi connectivity index (χ1) is 17.6. The van der Waals surface area contributed by atoms with Gasteiger partial charge >= 0.3 is 0 Å². The topological polar surface area (TPSA) is 73.3 Å². The van der Waals surface area contributed by atoms with Gasteiger partial charge < -0.3 is 14.4 Å².